The van der Waals surface area contributed by atoms with E-state index in [-0.39, 0.29) is 0 Å². The molecule has 0 aromatic heterocycles. The van der Waals surface area contributed by atoms with E-state index >= 15 is 0 Å². The first-order valence-corrected chi connectivity index (χ1v) is 12.0. The van der Waals surface area contributed by atoms with Gasteiger partial charge in [0, 0.05) is 6.42 Å². The van der Waals surface area contributed by atoms with Crippen LogP contribution in [0.15, 0.2) is 0 Å². The lowest BCUT2D eigenvalue weighted by Gasteiger charge is -2.29. The summed E-state index contributed by atoms with van der Waals surface area (Å²) in [5.41, 5.74) is 0. The van der Waals surface area contributed by atoms with Crippen LogP contribution < -0.4 is 0 Å². The number of unbranched alkanes of at least 4 members (excludes halogenated alkanes) is 15. The smallest absolute Gasteiger partial charge is 0.303 e. The van der Waals surface area contributed by atoms with Crippen molar-refractivity contribution in [1.82, 2.24) is 0 Å². The van der Waals surface area contributed by atoms with E-state index in [9.17, 15) is 4.79 Å². The molecule has 0 aliphatic rings. The third-order valence-electron chi connectivity index (χ3n) is 5.77. The molecule has 0 unspecified atom stereocenters. The molecule has 0 atom stereocenters. The topological polar surface area (TPSA) is 37.3 Å². The lowest BCUT2D eigenvalue weighted by atomic mass is 10.0. The summed E-state index contributed by atoms with van der Waals surface area (Å²) in [5.74, 6) is -0.669. The first kappa shape index (κ1) is 26.4. The molecule has 0 aliphatic carbocycles. The van der Waals surface area contributed by atoms with E-state index in [1.54, 1.807) is 0 Å². The average Bonchev–Trinajstić information content (AvgIpc) is 2.60. The Hall–Kier alpha value is -0.570. The Bertz CT molecular complexity index is 328. The largest absolute Gasteiger partial charge is 0.481 e. The molecule has 0 amide bonds. The maximum absolute atomic E-state index is 10.6. The van der Waals surface area contributed by atoms with Gasteiger partial charge in [0.15, 0.2) is 0 Å². The molecule has 0 saturated carbocycles. The van der Waals surface area contributed by atoms with Gasteiger partial charge in [0.25, 0.3) is 0 Å². The van der Waals surface area contributed by atoms with Crippen LogP contribution in [-0.2, 0) is 4.79 Å². The van der Waals surface area contributed by atoms with Crippen LogP contribution in [0.2, 0.25) is 0 Å². The molecular formula is C24H50NO2+. The summed E-state index contributed by atoms with van der Waals surface area (Å²) in [6.07, 6.45) is 23.6. The van der Waals surface area contributed by atoms with Crippen molar-refractivity contribution in [2.24, 2.45) is 0 Å². The number of quaternary nitrogens is 1. The molecule has 0 rings (SSSR count). The number of hydrogen-bond acceptors (Lipinski definition) is 1. The second kappa shape index (κ2) is 18.8. The summed E-state index contributed by atoms with van der Waals surface area (Å²) < 4.78 is 0.964. The van der Waals surface area contributed by atoms with E-state index in [4.69, 9.17) is 5.11 Å². The Kier molecular flexibility index (Phi) is 18.4. The maximum Gasteiger partial charge on any atom is 0.303 e. The summed E-state index contributed by atoms with van der Waals surface area (Å²) in [7, 11) is 4.46. The lowest BCUT2D eigenvalue weighted by molar-refractivity contribution is -0.890. The highest BCUT2D eigenvalue weighted by molar-refractivity contribution is 5.66. The second-order valence-electron chi connectivity index (χ2n) is 9.18. The molecule has 1 N–H and O–H groups in total. The zero-order valence-corrected chi connectivity index (χ0v) is 18.9. The van der Waals surface area contributed by atoms with Gasteiger partial charge in [-0.2, -0.15) is 0 Å². The number of nitrogens with zero attached hydrogens (tertiary/aromatic N) is 1. The van der Waals surface area contributed by atoms with Gasteiger partial charge in [0.2, 0.25) is 0 Å². The summed E-state index contributed by atoms with van der Waals surface area (Å²) in [6.45, 7) is 4.44. The van der Waals surface area contributed by atoms with Crippen LogP contribution in [-0.4, -0.2) is 42.7 Å². The van der Waals surface area contributed by atoms with Crippen LogP contribution in [0, 0.1) is 0 Å². The third-order valence-corrected chi connectivity index (χ3v) is 5.77. The van der Waals surface area contributed by atoms with Crippen molar-refractivity contribution in [1.29, 1.82) is 0 Å². The molecular weight excluding hydrogens is 334 g/mol. The van der Waals surface area contributed by atoms with Crippen molar-refractivity contribution in [2.45, 2.75) is 122 Å². The van der Waals surface area contributed by atoms with E-state index in [1.165, 1.54) is 109 Å². The molecule has 0 aromatic rings. The minimum Gasteiger partial charge on any atom is -0.481 e. The average molecular weight is 385 g/mol. The molecule has 0 saturated heterocycles. The highest BCUT2D eigenvalue weighted by Gasteiger charge is 2.14. The van der Waals surface area contributed by atoms with Gasteiger partial charge in [-0.1, -0.05) is 96.8 Å². The van der Waals surface area contributed by atoms with Crippen LogP contribution >= 0.6 is 0 Å². The molecule has 0 heterocycles. The van der Waals surface area contributed by atoms with Crippen LogP contribution in [0.3, 0.4) is 0 Å². The third kappa shape index (κ3) is 21.6. The van der Waals surface area contributed by atoms with Crippen LogP contribution in [0.4, 0.5) is 0 Å². The highest BCUT2D eigenvalue weighted by atomic mass is 16.4. The van der Waals surface area contributed by atoms with Crippen molar-refractivity contribution in [3.8, 4) is 0 Å². The monoisotopic (exact) mass is 384 g/mol. The van der Waals surface area contributed by atoms with Crippen molar-refractivity contribution in [2.75, 3.05) is 27.2 Å². The Balaban J connectivity index is 3.23. The van der Waals surface area contributed by atoms with E-state index in [1.807, 2.05) is 0 Å². The molecule has 0 aromatic carbocycles. The number of aliphatic carboxylic acids is 1. The lowest BCUT2D eigenvalue weighted by Crippen LogP contribution is -2.41. The molecule has 0 aliphatic heterocycles. The highest BCUT2D eigenvalue weighted by Crippen LogP contribution is 2.14. The number of carbonyl (C=O) groups is 1. The predicted molar refractivity (Wildman–Crippen MR) is 118 cm³/mol. The van der Waals surface area contributed by atoms with E-state index < -0.39 is 5.97 Å². The molecule has 27 heavy (non-hydrogen) atoms. The fourth-order valence-corrected chi connectivity index (χ4v) is 3.86. The number of carboxylic acids is 1. The molecule has 3 heteroatoms. The maximum atomic E-state index is 10.6. The first-order valence-electron chi connectivity index (χ1n) is 12.0. The molecule has 0 bridgehead atoms. The molecule has 0 radical (unpaired) electrons. The summed E-state index contributed by atoms with van der Waals surface area (Å²) in [6, 6.07) is 0. The van der Waals surface area contributed by atoms with E-state index in [2.05, 4.69) is 21.0 Å². The SMILES string of the molecule is CCCCCCCCCCCCCCCCCC[N+](C)(C)CCCC(=O)O. The molecule has 162 valence electrons. The zero-order chi connectivity index (χ0) is 20.2. The molecule has 3 nitrogen and oxygen atoms in total. The van der Waals surface area contributed by atoms with Gasteiger partial charge < -0.3 is 9.59 Å². The van der Waals surface area contributed by atoms with Gasteiger partial charge in [0.05, 0.1) is 33.6 Å². The summed E-state index contributed by atoms with van der Waals surface area (Å²) >= 11 is 0. The van der Waals surface area contributed by atoms with E-state index in [0.717, 1.165) is 17.4 Å². The van der Waals surface area contributed by atoms with Crippen LogP contribution in [0.1, 0.15) is 122 Å². The summed E-state index contributed by atoms with van der Waals surface area (Å²) in [4.78, 5) is 10.6. The van der Waals surface area contributed by atoms with Crippen molar-refractivity contribution >= 4 is 5.97 Å². The van der Waals surface area contributed by atoms with Crippen molar-refractivity contribution in [3.63, 3.8) is 0 Å². The Morgan fingerprint density at radius 3 is 1.30 bits per heavy atom. The standard InChI is InChI=1S/C24H49NO2/c1-4-5-6-7-8-9-10-11-12-13-14-15-16-17-18-19-22-25(2,3)23-20-21-24(26)27/h4-23H2,1-3H3/p+1. The number of carboxylic acid groups (broad SMARTS) is 1. The predicted octanol–water partition coefficient (Wildman–Crippen LogP) is 7.19. The quantitative estimate of drug-likeness (QED) is 0.168. The van der Waals surface area contributed by atoms with Gasteiger partial charge in [-0.3, -0.25) is 4.79 Å². The van der Waals surface area contributed by atoms with Gasteiger partial charge in [0.1, 0.15) is 0 Å². The van der Waals surface area contributed by atoms with Crippen LogP contribution in [0.5, 0.6) is 0 Å². The van der Waals surface area contributed by atoms with Crippen LogP contribution in [0.25, 0.3) is 0 Å². The first-order chi connectivity index (χ1) is 13.0. The van der Waals surface area contributed by atoms with Crippen molar-refractivity contribution < 1.29 is 14.4 Å². The van der Waals surface area contributed by atoms with Gasteiger partial charge in [-0.15, -0.1) is 0 Å². The van der Waals surface area contributed by atoms with Gasteiger partial charge >= 0.3 is 5.97 Å². The van der Waals surface area contributed by atoms with Gasteiger partial charge in [-0.25, -0.2) is 0 Å². The fraction of sp³-hybridized carbons (Fsp3) is 0.958. The Morgan fingerprint density at radius 1 is 0.593 bits per heavy atom. The minimum atomic E-state index is -0.669. The number of rotatable bonds is 21. The second-order valence-corrected chi connectivity index (χ2v) is 9.18. The van der Waals surface area contributed by atoms with Crippen molar-refractivity contribution in [3.05, 3.63) is 0 Å². The minimum absolute atomic E-state index is 0.306. The van der Waals surface area contributed by atoms with Gasteiger partial charge in [-0.05, 0) is 12.8 Å². The molecule has 0 spiro atoms. The Labute approximate surface area is 170 Å². The fourth-order valence-electron chi connectivity index (χ4n) is 3.86. The number of hydrogen-bond donors (Lipinski definition) is 1. The Morgan fingerprint density at radius 2 is 0.926 bits per heavy atom. The van der Waals surface area contributed by atoms with E-state index in [0.29, 0.717) is 6.42 Å². The molecule has 0 fully saturated rings. The normalized spacial score (nSPS) is 11.8. The summed E-state index contributed by atoms with van der Waals surface area (Å²) in [5, 5.41) is 8.73. The zero-order valence-electron chi connectivity index (χ0n) is 18.9.